The molecule has 0 radical (unpaired) electrons. The van der Waals surface area contributed by atoms with Gasteiger partial charge in [0.2, 0.25) is 0 Å². The molecule has 0 saturated heterocycles. The van der Waals surface area contributed by atoms with Crippen LogP contribution in [0.1, 0.15) is 35.3 Å². The van der Waals surface area contributed by atoms with Gasteiger partial charge in [0.1, 0.15) is 11.6 Å². The zero-order valence-electron chi connectivity index (χ0n) is 11.4. The topological polar surface area (TPSA) is 137 Å². The summed E-state index contributed by atoms with van der Waals surface area (Å²) in [5, 5.41) is 19.7. The first kappa shape index (κ1) is 16.4. The average Bonchev–Trinajstić information content (AvgIpc) is 2.36. The molecule has 0 aliphatic rings. The lowest BCUT2D eigenvalue weighted by Crippen LogP contribution is -2.42. The van der Waals surface area contributed by atoms with Crippen molar-refractivity contribution in [1.82, 2.24) is 10.3 Å². The van der Waals surface area contributed by atoms with Crippen LogP contribution in [-0.2, 0) is 9.59 Å². The molecule has 21 heavy (non-hydrogen) atoms. The fraction of sp³-hybridized carbons (Fsp3) is 0.385. The van der Waals surface area contributed by atoms with Crippen LogP contribution in [0, 0.1) is 6.92 Å². The van der Waals surface area contributed by atoms with Crippen LogP contribution in [0.3, 0.4) is 0 Å². The van der Waals surface area contributed by atoms with E-state index in [1.165, 1.54) is 12.3 Å². The number of aromatic nitrogens is 1. The molecule has 0 fully saturated rings. The Morgan fingerprint density at radius 1 is 1.33 bits per heavy atom. The maximum atomic E-state index is 11.9. The Morgan fingerprint density at radius 3 is 2.52 bits per heavy atom. The van der Waals surface area contributed by atoms with E-state index >= 15 is 0 Å². The molecule has 1 atom stereocenters. The van der Waals surface area contributed by atoms with Crippen LogP contribution in [0.15, 0.2) is 17.1 Å². The number of amides is 1. The van der Waals surface area contributed by atoms with Crippen molar-refractivity contribution in [3.63, 3.8) is 0 Å². The quantitative estimate of drug-likeness (QED) is 0.564. The van der Waals surface area contributed by atoms with Crippen LogP contribution in [0.4, 0.5) is 0 Å². The molecule has 0 unspecified atom stereocenters. The Kier molecular flexibility index (Phi) is 5.65. The second-order valence-electron chi connectivity index (χ2n) is 4.54. The predicted octanol–water partition coefficient (Wildman–Crippen LogP) is 0.121. The van der Waals surface area contributed by atoms with Crippen molar-refractivity contribution >= 4 is 17.8 Å². The smallest absolute Gasteiger partial charge is 0.326 e. The van der Waals surface area contributed by atoms with E-state index in [9.17, 15) is 19.2 Å². The number of carbonyl (C=O) groups excluding carboxylic acids is 1. The van der Waals surface area contributed by atoms with E-state index in [-0.39, 0.29) is 24.8 Å². The minimum absolute atomic E-state index is 0.0306. The predicted molar refractivity (Wildman–Crippen MR) is 72.2 cm³/mol. The number of rotatable bonds is 7. The molecule has 0 aliphatic carbocycles. The molecule has 8 nitrogen and oxygen atoms in total. The van der Waals surface area contributed by atoms with Gasteiger partial charge in [0.25, 0.3) is 5.91 Å². The van der Waals surface area contributed by atoms with E-state index < -0.39 is 29.3 Å². The van der Waals surface area contributed by atoms with Crippen molar-refractivity contribution in [3.05, 3.63) is 33.7 Å². The normalized spacial score (nSPS) is 11.7. The fourth-order valence-corrected chi connectivity index (χ4v) is 1.70. The van der Waals surface area contributed by atoms with E-state index in [1.54, 1.807) is 6.92 Å². The number of aliphatic carboxylic acids is 2. The van der Waals surface area contributed by atoms with Crippen molar-refractivity contribution in [2.75, 3.05) is 0 Å². The summed E-state index contributed by atoms with van der Waals surface area (Å²) < 4.78 is 0. The monoisotopic (exact) mass is 296 g/mol. The molecule has 0 saturated carbocycles. The second-order valence-corrected chi connectivity index (χ2v) is 4.54. The molecule has 114 valence electrons. The number of aryl methyl sites for hydroxylation is 1. The number of carboxylic acid groups (broad SMARTS) is 2. The third-order valence-electron chi connectivity index (χ3n) is 2.79. The number of H-pyrrole nitrogens is 1. The molecule has 1 amide bonds. The molecule has 4 N–H and O–H groups in total. The van der Waals surface area contributed by atoms with Gasteiger partial charge < -0.3 is 20.5 Å². The third kappa shape index (κ3) is 5.09. The van der Waals surface area contributed by atoms with Gasteiger partial charge in [-0.2, -0.15) is 0 Å². The third-order valence-corrected chi connectivity index (χ3v) is 2.79. The Hall–Kier alpha value is -2.64. The van der Waals surface area contributed by atoms with Gasteiger partial charge in [-0.1, -0.05) is 0 Å². The number of hydrogen-bond acceptors (Lipinski definition) is 4. The minimum atomic E-state index is -1.28. The molecule has 0 spiro atoms. The SMILES string of the molecule is Cc1cc(=O)c(C(=O)N[C@H](CCCC(=O)O)C(=O)O)c[nH]1. The van der Waals surface area contributed by atoms with Crippen LogP contribution in [0.25, 0.3) is 0 Å². The molecular weight excluding hydrogens is 280 g/mol. The van der Waals surface area contributed by atoms with Crippen LogP contribution >= 0.6 is 0 Å². The van der Waals surface area contributed by atoms with Gasteiger partial charge in [0.15, 0.2) is 5.43 Å². The van der Waals surface area contributed by atoms with Gasteiger partial charge >= 0.3 is 11.9 Å². The number of hydrogen-bond donors (Lipinski definition) is 4. The van der Waals surface area contributed by atoms with Crippen molar-refractivity contribution in [1.29, 1.82) is 0 Å². The summed E-state index contributed by atoms with van der Waals surface area (Å²) in [6, 6.07) is -0.00711. The highest BCUT2D eigenvalue weighted by molar-refractivity contribution is 5.96. The Morgan fingerprint density at radius 2 is 2.00 bits per heavy atom. The summed E-state index contributed by atoms with van der Waals surface area (Å²) in [5.74, 6) is -3.13. The molecule has 8 heteroatoms. The summed E-state index contributed by atoms with van der Waals surface area (Å²) in [7, 11) is 0. The molecule has 0 aliphatic heterocycles. The van der Waals surface area contributed by atoms with Crippen molar-refractivity contribution in [2.24, 2.45) is 0 Å². The van der Waals surface area contributed by atoms with Gasteiger partial charge in [0.05, 0.1) is 0 Å². The lowest BCUT2D eigenvalue weighted by atomic mass is 10.1. The number of nitrogens with one attached hydrogen (secondary N) is 2. The first-order valence-corrected chi connectivity index (χ1v) is 6.26. The highest BCUT2D eigenvalue weighted by atomic mass is 16.4. The van der Waals surface area contributed by atoms with E-state index in [2.05, 4.69) is 10.3 Å². The maximum absolute atomic E-state index is 11.9. The van der Waals surface area contributed by atoms with Crippen LogP contribution < -0.4 is 10.7 Å². The largest absolute Gasteiger partial charge is 0.481 e. The first-order valence-electron chi connectivity index (χ1n) is 6.26. The first-order chi connectivity index (χ1) is 9.81. The molecule has 1 rings (SSSR count). The van der Waals surface area contributed by atoms with Gasteiger partial charge in [-0.15, -0.1) is 0 Å². The maximum Gasteiger partial charge on any atom is 0.326 e. The minimum Gasteiger partial charge on any atom is -0.481 e. The van der Waals surface area contributed by atoms with Gasteiger partial charge in [-0.25, -0.2) is 4.79 Å². The number of pyridine rings is 1. The molecular formula is C13H16N2O6. The lowest BCUT2D eigenvalue weighted by molar-refractivity contribution is -0.140. The second kappa shape index (κ2) is 7.22. The number of carbonyl (C=O) groups is 3. The standard InChI is InChI=1S/C13H16N2O6/c1-7-5-10(16)8(6-14-7)12(19)15-9(13(20)21)3-2-4-11(17)18/h5-6,9H,2-4H2,1H3,(H,14,16)(H,15,19)(H,17,18)(H,20,21)/t9-/m1/s1. The van der Waals surface area contributed by atoms with Crippen molar-refractivity contribution in [2.45, 2.75) is 32.2 Å². The van der Waals surface area contributed by atoms with Crippen LogP contribution in [0.2, 0.25) is 0 Å². The summed E-state index contributed by atoms with van der Waals surface area (Å²) in [4.78, 5) is 47.6. The van der Waals surface area contributed by atoms with Gasteiger partial charge in [-0.3, -0.25) is 14.4 Å². The number of aromatic amines is 1. The van der Waals surface area contributed by atoms with E-state index in [0.717, 1.165) is 0 Å². The summed E-state index contributed by atoms with van der Waals surface area (Å²) in [5.41, 5.74) is -0.128. The van der Waals surface area contributed by atoms with Crippen molar-refractivity contribution in [3.8, 4) is 0 Å². The fourth-order valence-electron chi connectivity index (χ4n) is 1.70. The average molecular weight is 296 g/mol. The van der Waals surface area contributed by atoms with Crippen molar-refractivity contribution < 1.29 is 24.6 Å². The van der Waals surface area contributed by atoms with Crippen LogP contribution in [0.5, 0.6) is 0 Å². The molecule has 1 aromatic rings. The summed E-state index contributed by atoms with van der Waals surface area (Å²) in [6.45, 7) is 1.65. The number of carboxylic acids is 2. The summed E-state index contributed by atoms with van der Waals surface area (Å²) in [6.07, 6.45) is 1.10. The highest BCUT2D eigenvalue weighted by Crippen LogP contribution is 2.03. The zero-order valence-corrected chi connectivity index (χ0v) is 11.4. The molecule has 1 aromatic heterocycles. The molecule has 0 bridgehead atoms. The lowest BCUT2D eigenvalue weighted by Gasteiger charge is -2.13. The molecule has 1 heterocycles. The highest BCUT2D eigenvalue weighted by Gasteiger charge is 2.22. The van der Waals surface area contributed by atoms with E-state index in [1.807, 2.05) is 0 Å². The van der Waals surface area contributed by atoms with Gasteiger partial charge in [0, 0.05) is 24.4 Å². The Bertz CT molecular complexity index is 607. The van der Waals surface area contributed by atoms with E-state index in [4.69, 9.17) is 10.2 Å². The van der Waals surface area contributed by atoms with E-state index in [0.29, 0.717) is 5.69 Å². The van der Waals surface area contributed by atoms with Gasteiger partial charge in [-0.05, 0) is 19.8 Å². The zero-order chi connectivity index (χ0) is 16.0. The van der Waals surface area contributed by atoms with Crippen LogP contribution in [-0.4, -0.2) is 39.1 Å². The summed E-state index contributed by atoms with van der Waals surface area (Å²) >= 11 is 0. The Labute approximate surface area is 119 Å². The molecule has 0 aromatic carbocycles. The Balaban J connectivity index is 2.74.